The van der Waals surface area contributed by atoms with Gasteiger partial charge in [0.1, 0.15) is 22.9 Å². The topological polar surface area (TPSA) is 136 Å². The number of benzene rings is 2. The van der Waals surface area contributed by atoms with Gasteiger partial charge in [0.25, 0.3) is 0 Å². The van der Waals surface area contributed by atoms with E-state index >= 15 is 0 Å². The Morgan fingerprint density at radius 2 is 1.85 bits per heavy atom. The zero-order valence-corrected chi connectivity index (χ0v) is 17.5. The molecule has 0 atom stereocenters. The van der Waals surface area contributed by atoms with Gasteiger partial charge in [-0.1, -0.05) is 18.2 Å². The number of fused-ring (bicyclic) bond motifs is 1. The number of nitrogens with two attached hydrogens (primary N) is 1. The highest BCUT2D eigenvalue weighted by Gasteiger charge is 2.25. The predicted molar refractivity (Wildman–Crippen MR) is 122 cm³/mol. The summed E-state index contributed by atoms with van der Waals surface area (Å²) < 4.78 is 13.4. The molecule has 11 heteroatoms. The maximum Gasteiger partial charge on any atom is 0.321 e. The summed E-state index contributed by atoms with van der Waals surface area (Å²) in [6, 6.07) is 12.3. The van der Waals surface area contributed by atoms with Gasteiger partial charge in [-0.15, -0.1) is 0 Å². The number of aromatic nitrogens is 4. The molecule has 2 aromatic carbocycles. The van der Waals surface area contributed by atoms with Crippen LogP contribution in [0.5, 0.6) is 5.75 Å². The fourth-order valence-corrected chi connectivity index (χ4v) is 3.82. The summed E-state index contributed by atoms with van der Waals surface area (Å²) in [5.74, 6) is 0.802. The van der Waals surface area contributed by atoms with Crippen LogP contribution in [-0.4, -0.2) is 62.2 Å². The Kier molecular flexibility index (Phi) is 5.13. The van der Waals surface area contributed by atoms with Gasteiger partial charge in [0.2, 0.25) is 5.95 Å². The van der Waals surface area contributed by atoms with Crippen LogP contribution in [0.15, 0.2) is 48.5 Å². The number of nitrogen functional groups attached to an aromatic ring is 1. The van der Waals surface area contributed by atoms with E-state index in [-0.39, 0.29) is 17.7 Å². The van der Waals surface area contributed by atoms with Crippen molar-refractivity contribution in [1.82, 2.24) is 24.8 Å². The standard InChI is InChI=1S/C22H21FN8O2/c23-13-4-3-5-14(12-13)25-22(33)31-10-8-30(9-11-31)20-17-19(28-21(24)29-20)27-18(26-17)15-6-1-2-7-16(15)32/h1-7,12,32H,8-11H2,(H,25,33)(H3,24,26,27,28,29). The molecule has 10 nitrogen and oxygen atoms in total. The molecule has 5 N–H and O–H groups in total. The molecule has 1 fully saturated rings. The van der Waals surface area contributed by atoms with Crippen molar-refractivity contribution < 1.29 is 14.3 Å². The third-order valence-electron chi connectivity index (χ3n) is 5.45. The Hall–Kier alpha value is -4.41. The predicted octanol–water partition coefficient (Wildman–Crippen LogP) is 2.80. The van der Waals surface area contributed by atoms with Gasteiger partial charge in [-0.25, -0.2) is 14.2 Å². The van der Waals surface area contributed by atoms with Crippen molar-refractivity contribution in [3.63, 3.8) is 0 Å². The number of hydrogen-bond donors (Lipinski definition) is 4. The lowest BCUT2D eigenvalue weighted by molar-refractivity contribution is 0.208. The molecule has 1 aliphatic heterocycles. The molecule has 3 heterocycles. The minimum atomic E-state index is -0.411. The van der Waals surface area contributed by atoms with E-state index < -0.39 is 5.82 Å². The second-order valence-electron chi connectivity index (χ2n) is 7.62. The third kappa shape index (κ3) is 4.07. The molecule has 1 saturated heterocycles. The Labute approximate surface area is 187 Å². The minimum absolute atomic E-state index is 0.0825. The molecule has 5 rings (SSSR count). The summed E-state index contributed by atoms with van der Waals surface area (Å²) in [6.07, 6.45) is 0. The van der Waals surface area contributed by atoms with Crippen molar-refractivity contribution >= 4 is 34.6 Å². The summed E-state index contributed by atoms with van der Waals surface area (Å²) in [6.45, 7) is 1.89. The maximum absolute atomic E-state index is 13.4. The Morgan fingerprint density at radius 3 is 2.61 bits per heavy atom. The number of aromatic amines is 1. The number of para-hydroxylation sites is 1. The zero-order chi connectivity index (χ0) is 22.9. The van der Waals surface area contributed by atoms with E-state index in [0.717, 1.165) is 0 Å². The number of amides is 2. The summed E-state index contributed by atoms with van der Waals surface area (Å²) in [5, 5.41) is 12.9. The van der Waals surface area contributed by atoms with E-state index in [2.05, 4.69) is 25.3 Å². The maximum atomic E-state index is 13.4. The molecule has 0 bridgehead atoms. The second-order valence-corrected chi connectivity index (χ2v) is 7.62. The van der Waals surface area contributed by atoms with E-state index in [1.807, 2.05) is 4.90 Å². The van der Waals surface area contributed by atoms with Gasteiger partial charge in [0.05, 0.1) is 5.56 Å². The van der Waals surface area contributed by atoms with Crippen molar-refractivity contribution in [3.8, 4) is 17.1 Å². The summed E-state index contributed by atoms with van der Waals surface area (Å²) >= 11 is 0. The van der Waals surface area contributed by atoms with Crippen molar-refractivity contribution in [1.29, 1.82) is 0 Å². The van der Waals surface area contributed by atoms with Crippen LogP contribution >= 0.6 is 0 Å². The first-order valence-electron chi connectivity index (χ1n) is 10.4. The minimum Gasteiger partial charge on any atom is -0.507 e. The van der Waals surface area contributed by atoms with Crippen molar-refractivity contribution in [2.75, 3.05) is 42.1 Å². The molecule has 1 aliphatic rings. The van der Waals surface area contributed by atoms with Crippen LogP contribution in [0.2, 0.25) is 0 Å². The summed E-state index contributed by atoms with van der Waals surface area (Å²) in [5.41, 5.74) is 7.86. The van der Waals surface area contributed by atoms with Gasteiger partial charge in [-0.05, 0) is 30.3 Å². The molecule has 0 aliphatic carbocycles. The highest BCUT2D eigenvalue weighted by Crippen LogP contribution is 2.31. The smallest absolute Gasteiger partial charge is 0.321 e. The molecule has 2 amide bonds. The van der Waals surface area contributed by atoms with E-state index in [9.17, 15) is 14.3 Å². The Morgan fingerprint density at radius 1 is 1.06 bits per heavy atom. The highest BCUT2D eigenvalue weighted by atomic mass is 19.1. The van der Waals surface area contributed by atoms with Crippen molar-refractivity contribution in [2.45, 2.75) is 0 Å². The number of hydrogen-bond acceptors (Lipinski definition) is 7. The molecule has 0 spiro atoms. The lowest BCUT2D eigenvalue weighted by atomic mass is 10.2. The number of urea groups is 1. The largest absolute Gasteiger partial charge is 0.507 e. The number of carbonyl (C=O) groups is 1. The van der Waals surface area contributed by atoms with Crippen LogP contribution < -0.4 is 16.0 Å². The number of nitrogens with zero attached hydrogens (tertiary/aromatic N) is 5. The molecule has 168 valence electrons. The van der Waals surface area contributed by atoms with Crippen LogP contribution in [-0.2, 0) is 0 Å². The molecule has 0 saturated carbocycles. The number of carbonyl (C=O) groups excluding carboxylic acids is 1. The first-order chi connectivity index (χ1) is 16.0. The monoisotopic (exact) mass is 448 g/mol. The first kappa shape index (κ1) is 20.5. The lowest BCUT2D eigenvalue weighted by Crippen LogP contribution is -2.50. The fraction of sp³-hybridized carbons (Fsp3) is 0.182. The number of anilines is 3. The van der Waals surface area contributed by atoms with Gasteiger partial charge in [-0.2, -0.15) is 9.97 Å². The molecule has 4 aromatic rings. The average molecular weight is 448 g/mol. The molecular weight excluding hydrogens is 427 g/mol. The number of imidazole rings is 1. The van der Waals surface area contributed by atoms with Crippen molar-refractivity contribution in [3.05, 3.63) is 54.3 Å². The molecule has 33 heavy (non-hydrogen) atoms. The Balaban J connectivity index is 1.35. The van der Waals surface area contributed by atoms with E-state index in [4.69, 9.17) is 5.73 Å². The van der Waals surface area contributed by atoms with Gasteiger partial charge in [0.15, 0.2) is 11.5 Å². The van der Waals surface area contributed by atoms with Gasteiger partial charge in [-0.3, -0.25) is 0 Å². The lowest BCUT2D eigenvalue weighted by Gasteiger charge is -2.35. The second kappa shape index (κ2) is 8.26. The average Bonchev–Trinajstić information content (AvgIpc) is 3.22. The van der Waals surface area contributed by atoms with E-state index in [0.29, 0.717) is 60.2 Å². The third-order valence-corrected chi connectivity index (χ3v) is 5.45. The number of phenolic OH excluding ortho intramolecular Hbond substituents is 1. The van der Waals surface area contributed by atoms with Crippen LogP contribution in [0.4, 0.5) is 26.6 Å². The number of halogens is 1. The van der Waals surface area contributed by atoms with Crippen molar-refractivity contribution in [2.24, 2.45) is 0 Å². The van der Waals surface area contributed by atoms with Gasteiger partial charge < -0.3 is 30.9 Å². The number of piperazine rings is 1. The van der Waals surface area contributed by atoms with Gasteiger partial charge >= 0.3 is 6.03 Å². The number of H-pyrrole nitrogens is 1. The number of nitrogens with one attached hydrogen (secondary N) is 2. The SMILES string of the molecule is Nc1nc(N2CCN(C(=O)Nc3cccc(F)c3)CC2)c2[nH]c(-c3ccccc3O)nc2n1. The quantitative estimate of drug-likeness (QED) is 0.378. The summed E-state index contributed by atoms with van der Waals surface area (Å²) in [4.78, 5) is 32.5. The normalized spacial score (nSPS) is 14.0. The number of rotatable bonds is 3. The molecule has 0 unspecified atom stereocenters. The first-order valence-corrected chi connectivity index (χ1v) is 10.4. The zero-order valence-electron chi connectivity index (χ0n) is 17.5. The van der Waals surface area contributed by atoms with Crippen LogP contribution in [0.25, 0.3) is 22.6 Å². The number of aromatic hydroxyl groups is 1. The Bertz CT molecular complexity index is 1330. The van der Waals surface area contributed by atoms with Crippen LogP contribution in [0.1, 0.15) is 0 Å². The van der Waals surface area contributed by atoms with Gasteiger partial charge in [0, 0.05) is 31.9 Å². The fourth-order valence-electron chi connectivity index (χ4n) is 3.82. The van der Waals surface area contributed by atoms with Crippen LogP contribution in [0, 0.1) is 5.82 Å². The molecule has 0 radical (unpaired) electrons. The van der Waals surface area contributed by atoms with E-state index in [1.165, 1.54) is 12.1 Å². The highest BCUT2D eigenvalue weighted by molar-refractivity contribution is 5.90. The van der Waals surface area contributed by atoms with Crippen LogP contribution in [0.3, 0.4) is 0 Å². The summed E-state index contributed by atoms with van der Waals surface area (Å²) in [7, 11) is 0. The number of phenols is 1. The molecular formula is C22H21FN8O2. The van der Waals surface area contributed by atoms with E-state index in [1.54, 1.807) is 41.3 Å². The molecule has 2 aromatic heterocycles.